The molecule has 0 unspecified atom stereocenters. The van der Waals surface area contributed by atoms with Gasteiger partial charge in [0.15, 0.2) is 11.5 Å². The first-order valence-corrected chi connectivity index (χ1v) is 5.82. The van der Waals surface area contributed by atoms with Crippen LogP contribution in [0.25, 0.3) is 0 Å². The number of hydrogen-bond acceptors (Lipinski definition) is 4. The van der Waals surface area contributed by atoms with Crippen LogP contribution in [0.2, 0.25) is 0 Å². The van der Waals surface area contributed by atoms with Crippen molar-refractivity contribution in [3.63, 3.8) is 0 Å². The number of rotatable bonds is 3. The minimum atomic E-state index is -0.207. The molecule has 1 aliphatic rings. The second-order valence-electron chi connectivity index (χ2n) is 3.81. The van der Waals surface area contributed by atoms with Gasteiger partial charge in [-0.2, -0.15) is 5.26 Å². The number of hydrogen-bond donors (Lipinski definition) is 0. The van der Waals surface area contributed by atoms with Crippen molar-refractivity contribution in [1.82, 2.24) is 4.90 Å². The van der Waals surface area contributed by atoms with Gasteiger partial charge >= 0.3 is 0 Å². The van der Waals surface area contributed by atoms with E-state index in [0.717, 1.165) is 0 Å². The van der Waals surface area contributed by atoms with E-state index in [1.54, 1.807) is 18.2 Å². The van der Waals surface area contributed by atoms with Gasteiger partial charge in [0, 0.05) is 6.54 Å². The van der Waals surface area contributed by atoms with Crippen LogP contribution in [0.1, 0.15) is 17.3 Å². The zero-order valence-corrected chi connectivity index (χ0v) is 10.2. The topological polar surface area (TPSA) is 62.6 Å². The maximum Gasteiger partial charge on any atom is 0.258 e. The molecule has 1 heterocycles. The third kappa shape index (κ3) is 2.23. The fourth-order valence-corrected chi connectivity index (χ4v) is 1.83. The van der Waals surface area contributed by atoms with Crippen molar-refractivity contribution in [3.8, 4) is 17.6 Å². The van der Waals surface area contributed by atoms with Crippen LogP contribution in [0.4, 0.5) is 0 Å². The quantitative estimate of drug-likeness (QED) is 0.757. The molecule has 1 aliphatic heterocycles. The van der Waals surface area contributed by atoms with Crippen molar-refractivity contribution in [2.75, 3.05) is 26.3 Å². The van der Waals surface area contributed by atoms with Gasteiger partial charge in [-0.1, -0.05) is 6.07 Å². The van der Waals surface area contributed by atoms with Gasteiger partial charge in [0.2, 0.25) is 0 Å². The number of carbonyl (C=O) groups is 1. The Morgan fingerprint density at radius 2 is 2.22 bits per heavy atom. The Morgan fingerprint density at radius 3 is 2.94 bits per heavy atom. The van der Waals surface area contributed by atoms with E-state index in [1.165, 1.54) is 4.90 Å². The number of carbonyl (C=O) groups excluding carboxylic acids is 1. The molecule has 0 N–H and O–H groups in total. The molecule has 0 atom stereocenters. The third-order valence-corrected chi connectivity index (χ3v) is 2.73. The third-order valence-electron chi connectivity index (χ3n) is 2.73. The molecule has 0 fully saturated rings. The molecule has 0 bridgehead atoms. The van der Waals surface area contributed by atoms with Crippen LogP contribution in [0.3, 0.4) is 0 Å². The Hall–Kier alpha value is -2.22. The van der Waals surface area contributed by atoms with Crippen LogP contribution < -0.4 is 9.47 Å². The van der Waals surface area contributed by atoms with Gasteiger partial charge in [-0.05, 0) is 19.1 Å². The molecule has 5 nitrogen and oxygen atoms in total. The van der Waals surface area contributed by atoms with E-state index < -0.39 is 0 Å². The molecule has 1 amide bonds. The van der Waals surface area contributed by atoms with Gasteiger partial charge in [-0.3, -0.25) is 4.79 Å². The second-order valence-corrected chi connectivity index (χ2v) is 3.81. The van der Waals surface area contributed by atoms with Crippen LogP contribution in [-0.4, -0.2) is 37.1 Å². The lowest BCUT2D eigenvalue weighted by Gasteiger charge is -2.23. The Bertz CT molecular complexity index is 493. The fraction of sp³-hybridized carbons (Fsp3) is 0.385. The molecule has 0 aliphatic carbocycles. The minimum absolute atomic E-state index is 0.0693. The average Bonchev–Trinajstić information content (AvgIpc) is 2.43. The summed E-state index contributed by atoms with van der Waals surface area (Å²) in [4.78, 5) is 13.7. The molecule has 0 aromatic heterocycles. The highest BCUT2D eigenvalue weighted by Gasteiger charge is 2.23. The monoisotopic (exact) mass is 246 g/mol. The number of amides is 1. The average molecular weight is 246 g/mol. The molecule has 1 aromatic carbocycles. The highest BCUT2D eigenvalue weighted by molar-refractivity contribution is 5.98. The van der Waals surface area contributed by atoms with Gasteiger partial charge in [0.1, 0.15) is 19.8 Å². The Kier molecular flexibility index (Phi) is 3.68. The first-order chi connectivity index (χ1) is 8.77. The number of nitrogens with zero attached hydrogens (tertiary/aromatic N) is 2. The van der Waals surface area contributed by atoms with Crippen molar-refractivity contribution in [3.05, 3.63) is 23.8 Å². The van der Waals surface area contributed by atoms with E-state index in [0.29, 0.717) is 36.8 Å². The number of ether oxygens (including phenoxy) is 2. The predicted molar refractivity (Wildman–Crippen MR) is 64.6 cm³/mol. The lowest BCUT2D eigenvalue weighted by Crippen LogP contribution is -2.32. The zero-order chi connectivity index (χ0) is 13.0. The van der Waals surface area contributed by atoms with E-state index in [1.807, 2.05) is 13.0 Å². The van der Waals surface area contributed by atoms with Crippen molar-refractivity contribution in [2.45, 2.75) is 6.92 Å². The van der Waals surface area contributed by atoms with Gasteiger partial charge in [0.05, 0.1) is 11.6 Å². The molecule has 94 valence electrons. The molecule has 0 radical (unpaired) electrons. The smallest absolute Gasteiger partial charge is 0.258 e. The van der Waals surface area contributed by atoms with E-state index in [-0.39, 0.29) is 12.5 Å². The van der Waals surface area contributed by atoms with Crippen LogP contribution in [0.15, 0.2) is 18.2 Å². The summed E-state index contributed by atoms with van der Waals surface area (Å²) in [7, 11) is 0. The largest absolute Gasteiger partial charge is 0.486 e. The predicted octanol–water partition coefficient (Wildman–Crippen LogP) is 1.44. The van der Waals surface area contributed by atoms with Crippen LogP contribution >= 0.6 is 0 Å². The van der Waals surface area contributed by atoms with Crippen LogP contribution in [0, 0.1) is 11.3 Å². The molecule has 0 saturated heterocycles. The number of benzene rings is 1. The molecule has 0 spiro atoms. The number of nitriles is 1. The first-order valence-electron chi connectivity index (χ1n) is 5.82. The number of fused-ring (bicyclic) bond motifs is 1. The van der Waals surface area contributed by atoms with Crippen molar-refractivity contribution < 1.29 is 14.3 Å². The van der Waals surface area contributed by atoms with Gasteiger partial charge in [0.25, 0.3) is 5.91 Å². The van der Waals surface area contributed by atoms with Crippen molar-refractivity contribution >= 4 is 5.91 Å². The Balaban J connectivity index is 2.33. The van der Waals surface area contributed by atoms with Crippen molar-refractivity contribution in [1.29, 1.82) is 5.26 Å². The summed E-state index contributed by atoms with van der Waals surface area (Å²) >= 11 is 0. The van der Waals surface area contributed by atoms with Crippen LogP contribution in [-0.2, 0) is 0 Å². The summed E-state index contributed by atoms with van der Waals surface area (Å²) in [5.41, 5.74) is 0.448. The maximum absolute atomic E-state index is 12.3. The Labute approximate surface area is 106 Å². The fourth-order valence-electron chi connectivity index (χ4n) is 1.83. The van der Waals surface area contributed by atoms with Gasteiger partial charge in [-0.15, -0.1) is 0 Å². The number of para-hydroxylation sites is 1. The Morgan fingerprint density at radius 1 is 1.44 bits per heavy atom. The normalized spacial score (nSPS) is 12.7. The highest BCUT2D eigenvalue weighted by Crippen LogP contribution is 2.34. The summed E-state index contributed by atoms with van der Waals surface area (Å²) in [5, 5.41) is 8.70. The minimum Gasteiger partial charge on any atom is -0.486 e. The lowest BCUT2D eigenvalue weighted by molar-refractivity contribution is 0.0773. The molecule has 1 aromatic rings. The molecular formula is C13H14N2O3. The maximum atomic E-state index is 12.3. The summed E-state index contributed by atoms with van der Waals surface area (Å²) in [5.74, 6) is 0.853. The molecule has 0 saturated carbocycles. The van der Waals surface area contributed by atoms with Gasteiger partial charge < -0.3 is 14.4 Å². The van der Waals surface area contributed by atoms with E-state index >= 15 is 0 Å². The summed E-state index contributed by atoms with van der Waals surface area (Å²) in [6.07, 6.45) is 0. The summed E-state index contributed by atoms with van der Waals surface area (Å²) in [6, 6.07) is 7.19. The first kappa shape index (κ1) is 12.2. The van der Waals surface area contributed by atoms with Crippen molar-refractivity contribution in [2.24, 2.45) is 0 Å². The SMILES string of the molecule is CCN(CC#N)C(=O)c1cccc2c1OCCO2. The standard InChI is InChI=1S/C13H14N2O3/c1-2-15(7-6-14)13(16)10-4-3-5-11-12(10)18-9-8-17-11/h3-5H,2,7-9H2,1H3. The zero-order valence-electron chi connectivity index (χ0n) is 10.2. The van der Waals surface area contributed by atoms with Gasteiger partial charge in [-0.25, -0.2) is 0 Å². The molecular weight excluding hydrogens is 232 g/mol. The molecule has 18 heavy (non-hydrogen) atoms. The molecule has 2 rings (SSSR count). The van der Waals surface area contributed by atoms with E-state index in [9.17, 15) is 4.79 Å². The molecule has 5 heteroatoms. The lowest BCUT2D eigenvalue weighted by atomic mass is 10.1. The van der Waals surface area contributed by atoms with Crippen LogP contribution in [0.5, 0.6) is 11.5 Å². The van der Waals surface area contributed by atoms with E-state index in [2.05, 4.69) is 0 Å². The summed E-state index contributed by atoms with van der Waals surface area (Å²) < 4.78 is 10.9. The summed E-state index contributed by atoms with van der Waals surface area (Å²) in [6.45, 7) is 3.31. The van der Waals surface area contributed by atoms with E-state index in [4.69, 9.17) is 14.7 Å². The highest BCUT2D eigenvalue weighted by atomic mass is 16.6. The second kappa shape index (κ2) is 5.41.